The Morgan fingerprint density at radius 2 is 1.69 bits per heavy atom. The molecule has 0 fully saturated rings. The second-order valence-electron chi connectivity index (χ2n) is 6.77. The molecule has 4 rings (SSSR count). The molecule has 0 saturated carbocycles. The molecule has 0 atom stereocenters. The molecule has 1 amide bonds. The number of carbonyl (C=O) groups excluding carboxylic acids is 1. The van der Waals surface area contributed by atoms with E-state index >= 15 is 0 Å². The molecule has 1 heterocycles. The Balaban J connectivity index is 1.54. The third-order valence-electron chi connectivity index (χ3n) is 4.70. The fraction of sp³-hybridized carbons (Fsp3) is 0.167. The van der Waals surface area contributed by atoms with Crippen molar-refractivity contribution < 1.29 is 23.4 Å². The van der Waals surface area contributed by atoms with E-state index in [1.165, 1.54) is 11.8 Å². The predicted octanol–water partition coefficient (Wildman–Crippen LogP) is 5.25. The zero-order valence-electron chi connectivity index (χ0n) is 17.9. The Morgan fingerprint density at radius 3 is 2.34 bits per heavy atom. The maximum Gasteiger partial charge on any atom is 0.234 e. The predicted molar refractivity (Wildman–Crippen MR) is 125 cm³/mol. The fourth-order valence-electron chi connectivity index (χ4n) is 3.20. The van der Waals surface area contributed by atoms with Gasteiger partial charge in [-0.3, -0.25) is 4.79 Å². The van der Waals surface area contributed by atoms with Crippen molar-refractivity contribution in [3.63, 3.8) is 0 Å². The molecule has 0 spiro atoms. The van der Waals surface area contributed by atoms with Crippen molar-refractivity contribution in [1.29, 1.82) is 0 Å². The standard InChI is InChI=1S/C24H22N2O5S/c1-28-20-11-15(12-21(29-2)23(20)30-3)24-26-18-13-16(9-10-19(18)31-24)25-22(27)14-32-17-7-5-4-6-8-17/h4-13H,14H2,1-3H3,(H,25,27). The summed E-state index contributed by atoms with van der Waals surface area (Å²) in [4.78, 5) is 18.0. The van der Waals surface area contributed by atoms with Crippen molar-refractivity contribution in [3.05, 3.63) is 60.7 Å². The Morgan fingerprint density at radius 1 is 0.969 bits per heavy atom. The van der Waals surface area contributed by atoms with Crippen LogP contribution in [0.15, 0.2) is 70.0 Å². The van der Waals surface area contributed by atoms with Crippen molar-refractivity contribution >= 4 is 34.5 Å². The first-order valence-corrected chi connectivity index (χ1v) is 10.8. The minimum Gasteiger partial charge on any atom is -0.493 e. The molecule has 1 aromatic heterocycles. The molecule has 32 heavy (non-hydrogen) atoms. The Hall–Kier alpha value is -3.65. The van der Waals surface area contributed by atoms with Gasteiger partial charge in [-0.25, -0.2) is 4.98 Å². The molecule has 1 N–H and O–H groups in total. The maximum atomic E-state index is 12.3. The molecule has 0 aliphatic rings. The van der Waals surface area contributed by atoms with Crippen LogP contribution in [0.5, 0.6) is 17.2 Å². The minimum absolute atomic E-state index is 0.0912. The van der Waals surface area contributed by atoms with Gasteiger partial charge in [0, 0.05) is 16.1 Å². The number of hydrogen-bond acceptors (Lipinski definition) is 7. The van der Waals surface area contributed by atoms with Crippen LogP contribution in [0.4, 0.5) is 5.69 Å². The number of oxazole rings is 1. The number of methoxy groups -OCH3 is 3. The number of ether oxygens (including phenoxy) is 3. The van der Waals surface area contributed by atoms with Crippen LogP contribution >= 0.6 is 11.8 Å². The molecular formula is C24H22N2O5S. The van der Waals surface area contributed by atoms with E-state index in [0.717, 1.165) is 4.90 Å². The molecule has 4 aromatic rings. The van der Waals surface area contributed by atoms with Gasteiger partial charge in [-0.2, -0.15) is 0 Å². The number of thioether (sulfide) groups is 1. The second kappa shape index (κ2) is 9.65. The summed E-state index contributed by atoms with van der Waals surface area (Å²) in [6.07, 6.45) is 0. The number of amides is 1. The molecule has 164 valence electrons. The fourth-order valence-corrected chi connectivity index (χ4v) is 3.92. The van der Waals surface area contributed by atoms with E-state index < -0.39 is 0 Å². The Labute approximate surface area is 189 Å². The molecule has 0 radical (unpaired) electrons. The van der Waals surface area contributed by atoms with Gasteiger partial charge in [0.05, 0.1) is 27.1 Å². The molecule has 3 aromatic carbocycles. The second-order valence-corrected chi connectivity index (χ2v) is 7.81. The van der Waals surface area contributed by atoms with Gasteiger partial charge in [-0.05, 0) is 42.5 Å². The average molecular weight is 451 g/mol. The van der Waals surface area contributed by atoms with Crippen LogP contribution in [-0.2, 0) is 4.79 Å². The molecule has 0 unspecified atom stereocenters. The summed E-state index contributed by atoms with van der Waals surface area (Å²) >= 11 is 1.48. The summed E-state index contributed by atoms with van der Waals surface area (Å²) in [6, 6.07) is 18.7. The number of aromatic nitrogens is 1. The van der Waals surface area contributed by atoms with Crippen LogP contribution in [0.25, 0.3) is 22.6 Å². The number of carbonyl (C=O) groups is 1. The number of nitrogens with one attached hydrogen (secondary N) is 1. The molecule has 7 nitrogen and oxygen atoms in total. The van der Waals surface area contributed by atoms with E-state index in [1.807, 2.05) is 30.3 Å². The largest absolute Gasteiger partial charge is 0.493 e. The number of rotatable bonds is 8. The van der Waals surface area contributed by atoms with E-state index in [2.05, 4.69) is 10.3 Å². The zero-order valence-corrected chi connectivity index (χ0v) is 18.7. The SMILES string of the molecule is COc1cc(-c2nc3cc(NC(=O)CSc4ccccc4)ccc3o2)cc(OC)c1OC. The first-order chi connectivity index (χ1) is 15.6. The zero-order chi connectivity index (χ0) is 22.5. The van der Waals surface area contributed by atoms with Crippen LogP contribution in [0.2, 0.25) is 0 Å². The van der Waals surface area contributed by atoms with E-state index in [9.17, 15) is 4.79 Å². The number of nitrogens with zero attached hydrogens (tertiary/aromatic N) is 1. The lowest BCUT2D eigenvalue weighted by Crippen LogP contribution is -2.13. The van der Waals surface area contributed by atoms with Crippen molar-refractivity contribution in [2.24, 2.45) is 0 Å². The van der Waals surface area contributed by atoms with E-state index in [-0.39, 0.29) is 5.91 Å². The highest BCUT2D eigenvalue weighted by atomic mass is 32.2. The van der Waals surface area contributed by atoms with Gasteiger partial charge in [0.1, 0.15) is 5.52 Å². The molecule has 0 aliphatic heterocycles. The molecule has 0 saturated heterocycles. The summed E-state index contributed by atoms with van der Waals surface area (Å²) in [5.41, 5.74) is 2.56. The van der Waals surface area contributed by atoms with Crippen LogP contribution in [0.1, 0.15) is 0 Å². The average Bonchev–Trinajstić information content (AvgIpc) is 3.26. The molecule has 8 heteroatoms. The highest BCUT2D eigenvalue weighted by Crippen LogP contribution is 2.41. The molecule has 0 bridgehead atoms. The van der Waals surface area contributed by atoms with Crippen LogP contribution < -0.4 is 19.5 Å². The molecule has 0 aliphatic carbocycles. The summed E-state index contributed by atoms with van der Waals surface area (Å²) in [5.74, 6) is 2.14. The van der Waals surface area contributed by atoms with Gasteiger partial charge < -0.3 is 23.9 Å². The van der Waals surface area contributed by atoms with Gasteiger partial charge in [0.15, 0.2) is 17.1 Å². The van der Waals surface area contributed by atoms with E-state index in [4.69, 9.17) is 18.6 Å². The lowest BCUT2D eigenvalue weighted by Gasteiger charge is -2.12. The van der Waals surface area contributed by atoms with Crippen molar-refractivity contribution in [3.8, 4) is 28.7 Å². The van der Waals surface area contributed by atoms with E-state index in [0.29, 0.717) is 51.2 Å². The number of anilines is 1. The quantitative estimate of drug-likeness (QED) is 0.367. The van der Waals surface area contributed by atoms with Crippen LogP contribution in [0.3, 0.4) is 0 Å². The minimum atomic E-state index is -0.0912. The topological polar surface area (TPSA) is 82.8 Å². The number of fused-ring (bicyclic) bond motifs is 1. The van der Waals surface area contributed by atoms with E-state index in [1.54, 1.807) is 51.7 Å². The van der Waals surface area contributed by atoms with Crippen LogP contribution in [-0.4, -0.2) is 38.0 Å². The van der Waals surface area contributed by atoms with Gasteiger partial charge in [-0.15, -0.1) is 11.8 Å². The lowest BCUT2D eigenvalue weighted by molar-refractivity contribution is -0.113. The van der Waals surface area contributed by atoms with Crippen molar-refractivity contribution in [1.82, 2.24) is 4.98 Å². The summed E-state index contributed by atoms with van der Waals surface area (Å²) < 4.78 is 22.1. The Kier molecular flexibility index (Phi) is 6.51. The monoisotopic (exact) mass is 450 g/mol. The smallest absolute Gasteiger partial charge is 0.234 e. The third kappa shape index (κ3) is 4.65. The highest BCUT2D eigenvalue weighted by Gasteiger charge is 2.17. The summed E-state index contributed by atoms with van der Waals surface area (Å²) in [7, 11) is 4.66. The third-order valence-corrected chi connectivity index (χ3v) is 5.71. The maximum absolute atomic E-state index is 12.3. The first-order valence-electron chi connectivity index (χ1n) is 9.80. The first kappa shape index (κ1) is 21.6. The van der Waals surface area contributed by atoms with Gasteiger partial charge >= 0.3 is 0 Å². The summed E-state index contributed by atoms with van der Waals surface area (Å²) in [5, 5.41) is 2.91. The van der Waals surface area contributed by atoms with Gasteiger partial charge in [-0.1, -0.05) is 18.2 Å². The molecular weight excluding hydrogens is 428 g/mol. The summed E-state index contributed by atoms with van der Waals surface area (Å²) in [6.45, 7) is 0. The van der Waals surface area contributed by atoms with Crippen molar-refractivity contribution in [2.45, 2.75) is 4.90 Å². The number of benzene rings is 3. The van der Waals surface area contributed by atoms with Crippen molar-refractivity contribution in [2.75, 3.05) is 32.4 Å². The lowest BCUT2D eigenvalue weighted by atomic mass is 10.2. The Bertz CT molecular complexity index is 1210. The van der Waals surface area contributed by atoms with Gasteiger partial charge in [0.2, 0.25) is 17.5 Å². The van der Waals surface area contributed by atoms with Gasteiger partial charge in [0.25, 0.3) is 0 Å². The normalized spacial score (nSPS) is 10.7. The van der Waals surface area contributed by atoms with Crippen LogP contribution in [0, 0.1) is 0 Å². The number of hydrogen-bond donors (Lipinski definition) is 1. The highest BCUT2D eigenvalue weighted by molar-refractivity contribution is 8.00.